The molecule has 0 spiro atoms. The van der Waals surface area contributed by atoms with E-state index in [4.69, 9.17) is 0 Å². The average Bonchev–Trinajstić information content (AvgIpc) is 3.11. The second-order valence-electron chi connectivity index (χ2n) is 6.30. The summed E-state index contributed by atoms with van der Waals surface area (Å²) < 4.78 is 0. The fraction of sp³-hybridized carbons (Fsp3) is 0.300. The zero-order valence-corrected chi connectivity index (χ0v) is 14.0. The lowest BCUT2D eigenvalue weighted by molar-refractivity contribution is -0.105. The molecule has 2 atom stereocenters. The highest BCUT2D eigenvalue weighted by Crippen LogP contribution is 2.28. The molecule has 25 heavy (non-hydrogen) atoms. The van der Waals surface area contributed by atoms with Crippen LogP contribution in [-0.4, -0.2) is 34.9 Å². The highest BCUT2D eigenvalue weighted by molar-refractivity contribution is 5.95. The van der Waals surface area contributed by atoms with Crippen molar-refractivity contribution in [1.82, 2.24) is 4.90 Å². The Balaban J connectivity index is 1.68. The van der Waals surface area contributed by atoms with E-state index in [1.807, 2.05) is 35.2 Å². The van der Waals surface area contributed by atoms with Crippen molar-refractivity contribution in [3.8, 4) is 0 Å². The molecule has 1 fully saturated rings. The Morgan fingerprint density at radius 2 is 1.92 bits per heavy atom. The van der Waals surface area contributed by atoms with Gasteiger partial charge in [-0.2, -0.15) is 0 Å². The summed E-state index contributed by atoms with van der Waals surface area (Å²) in [6.07, 6.45) is 2.43. The summed E-state index contributed by atoms with van der Waals surface area (Å²) in [7, 11) is 0. The van der Waals surface area contributed by atoms with Crippen LogP contribution in [0, 0.1) is 0 Å². The lowest BCUT2D eigenvalue weighted by Gasteiger charge is -2.27. The Morgan fingerprint density at radius 1 is 1.20 bits per heavy atom. The van der Waals surface area contributed by atoms with Crippen LogP contribution in [0.4, 0.5) is 5.69 Å². The molecule has 3 rings (SSSR count). The Labute approximate surface area is 147 Å². The zero-order chi connectivity index (χ0) is 17.6. The highest BCUT2D eigenvalue weighted by Gasteiger charge is 2.31. The van der Waals surface area contributed by atoms with Crippen LogP contribution in [-0.2, 0) is 4.79 Å². The molecule has 1 aliphatic rings. The van der Waals surface area contributed by atoms with Crippen molar-refractivity contribution in [3.05, 3.63) is 65.7 Å². The van der Waals surface area contributed by atoms with Crippen LogP contribution in [0.25, 0.3) is 0 Å². The molecular weight excluding hydrogens is 316 g/mol. The number of rotatable bonds is 6. The lowest BCUT2D eigenvalue weighted by atomic mass is 10.00. The third kappa shape index (κ3) is 4.06. The van der Waals surface area contributed by atoms with Gasteiger partial charge in [-0.3, -0.25) is 9.59 Å². The molecule has 0 saturated carbocycles. The Hall–Kier alpha value is -2.66. The van der Waals surface area contributed by atoms with Gasteiger partial charge in [0.1, 0.15) is 0 Å². The Morgan fingerprint density at radius 3 is 2.60 bits per heavy atom. The molecular formula is C20H22N2O3. The molecule has 2 unspecified atom stereocenters. The zero-order valence-electron chi connectivity index (χ0n) is 14.0. The summed E-state index contributed by atoms with van der Waals surface area (Å²) in [6.45, 7) is 0.708. The summed E-state index contributed by atoms with van der Waals surface area (Å²) in [5.74, 6) is -0.0274. The molecule has 5 heteroatoms. The first-order valence-corrected chi connectivity index (χ1v) is 8.53. The van der Waals surface area contributed by atoms with Gasteiger partial charge in [0.05, 0.1) is 6.10 Å². The first-order chi connectivity index (χ1) is 12.2. The molecule has 1 aliphatic heterocycles. The van der Waals surface area contributed by atoms with Crippen molar-refractivity contribution in [3.63, 3.8) is 0 Å². The van der Waals surface area contributed by atoms with E-state index in [0.717, 1.165) is 18.4 Å². The van der Waals surface area contributed by atoms with Gasteiger partial charge in [0, 0.05) is 23.8 Å². The first-order valence-electron chi connectivity index (χ1n) is 8.53. The van der Waals surface area contributed by atoms with Crippen LogP contribution in [0.1, 0.15) is 41.3 Å². The van der Waals surface area contributed by atoms with Crippen LogP contribution < -0.4 is 5.32 Å². The molecule has 0 aromatic heterocycles. The molecule has 2 aromatic rings. The molecule has 130 valence electrons. The number of carbonyl (C=O) groups excluding carboxylic acids is 2. The van der Waals surface area contributed by atoms with E-state index in [0.29, 0.717) is 30.6 Å². The average molecular weight is 338 g/mol. The molecule has 2 aromatic carbocycles. The number of likely N-dealkylation sites (tertiary alicyclic amines) is 1. The van der Waals surface area contributed by atoms with Crippen molar-refractivity contribution in [2.75, 3.05) is 11.9 Å². The summed E-state index contributed by atoms with van der Waals surface area (Å²) in [4.78, 5) is 25.1. The van der Waals surface area contributed by atoms with Crippen molar-refractivity contribution >= 4 is 18.0 Å². The van der Waals surface area contributed by atoms with Gasteiger partial charge in [-0.25, -0.2) is 0 Å². The van der Waals surface area contributed by atoms with Gasteiger partial charge >= 0.3 is 0 Å². The van der Waals surface area contributed by atoms with Gasteiger partial charge in [0.2, 0.25) is 6.41 Å². The number of benzene rings is 2. The third-order valence-corrected chi connectivity index (χ3v) is 4.68. The maximum atomic E-state index is 12.8. The van der Waals surface area contributed by atoms with Crippen LogP contribution >= 0.6 is 0 Å². The van der Waals surface area contributed by atoms with E-state index >= 15 is 0 Å². The minimum absolute atomic E-state index is 0.0274. The molecule has 0 radical (unpaired) electrons. The number of anilines is 1. The van der Waals surface area contributed by atoms with Gasteiger partial charge in [0.25, 0.3) is 5.91 Å². The van der Waals surface area contributed by atoms with Crippen LogP contribution in [0.2, 0.25) is 0 Å². The highest BCUT2D eigenvalue weighted by atomic mass is 16.3. The molecule has 0 aliphatic carbocycles. The van der Waals surface area contributed by atoms with Crippen LogP contribution in [0.5, 0.6) is 0 Å². The summed E-state index contributed by atoms with van der Waals surface area (Å²) >= 11 is 0. The van der Waals surface area contributed by atoms with Gasteiger partial charge in [-0.1, -0.05) is 30.3 Å². The van der Waals surface area contributed by atoms with Crippen molar-refractivity contribution in [1.29, 1.82) is 0 Å². The minimum atomic E-state index is -0.571. The smallest absolute Gasteiger partial charge is 0.254 e. The lowest BCUT2D eigenvalue weighted by Crippen LogP contribution is -2.36. The second kappa shape index (κ2) is 7.94. The topological polar surface area (TPSA) is 69.6 Å². The molecule has 1 saturated heterocycles. The standard InChI is InChI=1S/C20H22N2O3/c23-14-21-17-10-8-16(9-11-17)20(25)22-12-4-7-18(22)13-19(24)15-5-2-1-3-6-15/h1-3,5-6,8-11,14,18-19,24H,4,7,12-13H2,(H,21,23). The van der Waals surface area contributed by atoms with Gasteiger partial charge in [-0.15, -0.1) is 0 Å². The molecule has 2 amide bonds. The van der Waals surface area contributed by atoms with E-state index in [9.17, 15) is 14.7 Å². The number of carbonyl (C=O) groups is 2. The van der Waals surface area contributed by atoms with Crippen molar-refractivity contribution < 1.29 is 14.7 Å². The van der Waals surface area contributed by atoms with E-state index in [2.05, 4.69) is 5.32 Å². The summed E-state index contributed by atoms with van der Waals surface area (Å²) in [6, 6.07) is 16.5. The monoisotopic (exact) mass is 338 g/mol. The maximum absolute atomic E-state index is 12.8. The van der Waals surface area contributed by atoms with Gasteiger partial charge in [-0.05, 0) is 49.1 Å². The number of nitrogens with zero attached hydrogens (tertiary/aromatic N) is 1. The minimum Gasteiger partial charge on any atom is -0.388 e. The number of amides is 2. The number of aliphatic hydroxyl groups is 1. The maximum Gasteiger partial charge on any atom is 0.254 e. The van der Waals surface area contributed by atoms with E-state index < -0.39 is 6.10 Å². The van der Waals surface area contributed by atoms with Gasteiger partial charge in [0.15, 0.2) is 0 Å². The molecule has 0 bridgehead atoms. The summed E-state index contributed by atoms with van der Waals surface area (Å²) in [5.41, 5.74) is 2.13. The largest absolute Gasteiger partial charge is 0.388 e. The normalized spacial score (nSPS) is 18.0. The predicted molar refractivity (Wildman–Crippen MR) is 96.2 cm³/mol. The fourth-order valence-electron chi connectivity index (χ4n) is 3.36. The van der Waals surface area contributed by atoms with Crippen LogP contribution in [0.3, 0.4) is 0 Å². The number of aliphatic hydroxyl groups excluding tert-OH is 1. The Kier molecular flexibility index (Phi) is 5.46. The van der Waals surface area contributed by atoms with Crippen molar-refractivity contribution in [2.24, 2.45) is 0 Å². The molecule has 1 heterocycles. The molecule has 2 N–H and O–H groups in total. The predicted octanol–water partition coefficient (Wildman–Crippen LogP) is 2.98. The van der Waals surface area contributed by atoms with Crippen LogP contribution in [0.15, 0.2) is 54.6 Å². The van der Waals surface area contributed by atoms with E-state index in [1.54, 1.807) is 24.3 Å². The van der Waals surface area contributed by atoms with Crippen molar-refractivity contribution in [2.45, 2.75) is 31.4 Å². The number of hydrogen-bond donors (Lipinski definition) is 2. The van der Waals surface area contributed by atoms with Gasteiger partial charge < -0.3 is 15.3 Å². The second-order valence-corrected chi connectivity index (χ2v) is 6.30. The number of nitrogens with one attached hydrogen (secondary N) is 1. The third-order valence-electron chi connectivity index (χ3n) is 4.68. The summed E-state index contributed by atoms with van der Waals surface area (Å²) in [5, 5.41) is 13.0. The fourth-order valence-corrected chi connectivity index (χ4v) is 3.36. The first kappa shape index (κ1) is 17.2. The van der Waals surface area contributed by atoms with E-state index in [-0.39, 0.29) is 11.9 Å². The quantitative estimate of drug-likeness (QED) is 0.796. The Bertz CT molecular complexity index is 715. The van der Waals surface area contributed by atoms with E-state index in [1.165, 1.54) is 0 Å². The molecule has 5 nitrogen and oxygen atoms in total. The number of hydrogen-bond acceptors (Lipinski definition) is 3. The SMILES string of the molecule is O=CNc1ccc(C(=O)N2CCCC2CC(O)c2ccccc2)cc1.